The Labute approximate surface area is 143 Å². The number of hydrogen-bond donors (Lipinski definition) is 0. The van der Waals surface area contributed by atoms with E-state index in [9.17, 15) is 25.9 Å². The summed E-state index contributed by atoms with van der Waals surface area (Å²) in [6.45, 7) is 0. The van der Waals surface area contributed by atoms with Gasteiger partial charge in [0, 0.05) is 12.4 Å². The zero-order valence-electron chi connectivity index (χ0n) is 9.01. The van der Waals surface area contributed by atoms with Crippen LogP contribution in [0, 0.1) is 0 Å². The largest absolute Gasteiger partial charge is 1.00 e. The second-order valence-corrected chi connectivity index (χ2v) is 4.09. The van der Waals surface area contributed by atoms with E-state index >= 15 is 0 Å². The summed E-state index contributed by atoms with van der Waals surface area (Å²) in [4.78, 5) is 3.78. The second kappa shape index (κ2) is 10.8. The summed E-state index contributed by atoms with van der Waals surface area (Å²) in [5.74, 6) is 0. The number of pyridine rings is 1. The maximum Gasteiger partial charge on any atom is 1.00 e. The fraction of sp³-hybridized carbons (Fsp3) is 0. The Morgan fingerprint density at radius 3 is 1.24 bits per heavy atom. The Bertz CT molecular complexity index is 418. The molecule has 0 atom stereocenters. The van der Waals surface area contributed by atoms with E-state index in [4.69, 9.17) is 0 Å². The maximum absolute atomic E-state index is 9.29. The molecule has 0 aliphatic heterocycles. The Kier molecular flexibility index (Phi) is 14.7. The Hall–Kier alpha value is 0.930. The van der Waals surface area contributed by atoms with E-state index in [0.29, 0.717) is 0 Å². The number of hydrogen-bond acceptors (Lipinski definition) is 8. The molecule has 0 spiro atoms. The normalized spacial score (nSPS) is 10.0. The van der Waals surface area contributed by atoms with Crippen molar-refractivity contribution < 1.29 is 88.7 Å². The minimum atomic E-state index is -5.43. The fourth-order valence-electron chi connectivity index (χ4n) is 0.415. The predicted octanol–water partition coefficient (Wildman–Crippen LogP) is -6.99. The quantitative estimate of drug-likeness (QED) is 0.298. The molecule has 0 aromatic carbocycles. The molecule has 1 heterocycles. The number of rotatable bonds is 2. The summed E-state index contributed by atoms with van der Waals surface area (Å²) in [6, 6.07) is 5.72. The maximum atomic E-state index is 9.29. The van der Waals surface area contributed by atoms with Gasteiger partial charge in [-0.05, 0) is 12.1 Å². The van der Waals surface area contributed by atoms with Crippen molar-refractivity contribution in [3.05, 3.63) is 30.6 Å². The van der Waals surface area contributed by atoms with Gasteiger partial charge in [0.15, 0.2) is 0 Å². The van der Waals surface area contributed by atoms with E-state index in [1.807, 2.05) is 18.2 Å². The van der Waals surface area contributed by atoms with Crippen LogP contribution in [0.2, 0.25) is 0 Å². The molecular formula is C5H5NNa2O7S2. The molecular weight excluding hydrogens is 296 g/mol. The molecule has 1 rings (SSSR count). The average Bonchev–Trinajstić information content (AvgIpc) is 2.01. The first-order chi connectivity index (χ1) is 6.71. The van der Waals surface area contributed by atoms with Crippen molar-refractivity contribution in [2.75, 3.05) is 0 Å². The molecule has 0 saturated carbocycles. The standard InChI is InChI=1S/C5H5N.2Na.H2O7S2/c1-2-4-6-5-3-1;;;1-8(2,3)7-9(4,5)6/h1-5H;;;(H,1,2,3)(H,4,5,6)/q;2*+1;/p-2. The van der Waals surface area contributed by atoms with Crippen molar-refractivity contribution in [3.8, 4) is 0 Å². The van der Waals surface area contributed by atoms with Crippen molar-refractivity contribution in [3.63, 3.8) is 0 Å². The van der Waals surface area contributed by atoms with E-state index in [2.05, 4.69) is 8.61 Å². The molecule has 1 aromatic heterocycles. The summed E-state index contributed by atoms with van der Waals surface area (Å²) in [5.41, 5.74) is 0. The molecule has 0 N–H and O–H groups in total. The Balaban J connectivity index is -0.000000216. The van der Waals surface area contributed by atoms with Gasteiger partial charge < -0.3 is 9.11 Å². The summed E-state index contributed by atoms with van der Waals surface area (Å²) in [7, 11) is -10.9. The van der Waals surface area contributed by atoms with Gasteiger partial charge in [0.05, 0.1) is 0 Å². The van der Waals surface area contributed by atoms with Gasteiger partial charge in [-0.1, -0.05) is 6.07 Å². The van der Waals surface area contributed by atoms with Crippen LogP contribution in [-0.2, 0) is 24.4 Å². The van der Waals surface area contributed by atoms with E-state index in [0.717, 1.165) is 0 Å². The Morgan fingerprint density at radius 1 is 0.824 bits per heavy atom. The molecule has 8 nitrogen and oxygen atoms in total. The van der Waals surface area contributed by atoms with Crippen LogP contribution in [-0.4, -0.2) is 30.9 Å². The smallest absolute Gasteiger partial charge is 0.725 e. The van der Waals surface area contributed by atoms with Crippen LogP contribution in [0.3, 0.4) is 0 Å². The predicted molar refractivity (Wildman–Crippen MR) is 44.7 cm³/mol. The van der Waals surface area contributed by atoms with E-state index in [1.54, 1.807) is 12.4 Å². The molecule has 0 unspecified atom stereocenters. The van der Waals surface area contributed by atoms with Crippen molar-refractivity contribution in [2.45, 2.75) is 0 Å². The zero-order valence-corrected chi connectivity index (χ0v) is 14.6. The molecule has 12 heteroatoms. The third-order valence-electron chi connectivity index (χ3n) is 0.733. The molecule has 0 fully saturated rings. The van der Waals surface area contributed by atoms with Gasteiger partial charge >= 0.3 is 59.1 Å². The number of aromatic nitrogens is 1. The molecule has 1 aromatic rings. The summed E-state index contributed by atoms with van der Waals surface area (Å²) in [5, 5.41) is 0. The third-order valence-corrected chi connectivity index (χ3v) is 2.07. The molecule has 0 aliphatic rings. The van der Waals surface area contributed by atoms with Crippen molar-refractivity contribution in [1.82, 2.24) is 4.98 Å². The second-order valence-electron chi connectivity index (χ2n) is 1.91. The Morgan fingerprint density at radius 2 is 1.18 bits per heavy atom. The SMILES string of the molecule is O=S(=O)([O-])OS(=O)(=O)[O-].[Na+].[Na+].c1ccncc1. The van der Waals surface area contributed by atoms with E-state index in [-0.39, 0.29) is 59.1 Å². The first-order valence-corrected chi connectivity index (χ1v) is 5.85. The minimum Gasteiger partial charge on any atom is -0.725 e. The summed E-state index contributed by atoms with van der Waals surface area (Å²) in [6.07, 6.45) is 3.50. The first-order valence-electron chi connectivity index (χ1n) is 3.18. The average molecular weight is 301 g/mol. The van der Waals surface area contributed by atoms with Crippen molar-refractivity contribution in [1.29, 1.82) is 0 Å². The van der Waals surface area contributed by atoms with Crippen LogP contribution in [0.1, 0.15) is 0 Å². The van der Waals surface area contributed by atoms with Gasteiger partial charge in [0.1, 0.15) is 0 Å². The van der Waals surface area contributed by atoms with Gasteiger partial charge in [-0.2, -0.15) is 3.63 Å². The molecule has 0 amide bonds. The molecule has 86 valence electrons. The number of nitrogens with zero attached hydrogens (tertiary/aromatic N) is 1. The monoisotopic (exact) mass is 301 g/mol. The van der Waals surface area contributed by atoms with Crippen LogP contribution in [0.4, 0.5) is 0 Å². The van der Waals surface area contributed by atoms with E-state index in [1.165, 1.54) is 0 Å². The first kappa shape index (κ1) is 23.1. The molecule has 0 saturated heterocycles. The molecule has 0 radical (unpaired) electrons. The van der Waals surface area contributed by atoms with Crippen LogP contribution in [0.25, 0.3) is 0 Å². The third kappa shape index (κ3) is 22.6. The summed E-state index contributed by atoms with van der Waals surface area (Å²) < 4.78 is 58.2. The zero-order chi connectivity index (χ0) is 11.9. The van der Waals surface area contributed by atoms with Gasteiger partial charge in [-0.15, -0.1) is 0 Å². The van der Waals surface area contributed by atoms with Crippen LogP contribution in [0.5, 0.6) is 0 Å². The fourth-order valence-corrected chi connectivity index (χ4v) is 1.23. The topological polar surface area (TPSA) is 137 Å². The van der Waals surface area contributed by atoms with Gasteiger partial charge in [0.25, 0.3) is 0 Å². The van der Waals surface area contributed by atoms with Gasteiger partial charge in [-0.25, -0.2) is 16.8 Å². The molecule has 17 heavy (non-hydrogen) atoms. The van der Waals surface area contributed by atoms with Crippen LogP contribution >= 0.6 is 0 Å². The van der Waals surface area contributed by atoms with Crippen molar-refractivity contribution >= 4 is 20.8 Å². The van der Waals surface area contributed by atoms with Gasteiger partial charge in [0.2, 0.25) is 20.8 Å². The van der Waals surface area contributed by atoms with Crippen LogP contribution in [0.15, 0.2) is 30.6 Å². The van der Waals surface area contributed by atoms with E-state index < -0.39 is 20.8 Å². The summed E-state index contributed by atoms with van der Waals surface area (Å²) >= 11 is 0. The van der Waals surface area contributed by atoms with Gasteiger partial charge in [-0.3, -0.25) is 4.98 Å². The molecule has 0 bridgehead atoms. The van der Waals surface area contributed by atoms with Crippen molar-refractivity contribution in [2.24, 2.45) is 0 Å². The minimum absolute atomic E-state index is 0. The molecule has 0 aliphatic carbocycles. The van der Waals surface area contributed by atoms with Crippen LogP contribution < -0.4 is 59.1 Å².